The van der Waals surface area contributed by atoms with Gasteiger partial charge in [-0.25, -0.2) is 0 Å². The first-order valence-corrected chi connectivity index (χ1v) is 6.59. The van der Waals surface area contributed by atoms with E-state index < -0.39 is 12.8 Å². The number of nitrogens with zero attached hydrogens (tertiary/aromatic N) is 1. The van der Waals surface area contributed by atoms with Crippen LogP contribution in [0.1, 0.15) is 19.8 Å². The van der Waals surface area contributed by atoms with Crippen LogP contribution < -0.4 is 5.32 Å². The predicted octanol–water partition coefficient (Wildman–Crippen LogP) is 1.89. The van der Waals surface area contributed by atoms with Gasteiger partial charge in [0.25, 0.3) is 0 Å². The lowest BCUT2D eigenvalue weighted by atomic mass is 9.97. The number of halogens is 3. The van der Waals surface area contributed by atoms with Crippen molar-refractivity contribution in [3.8, 4) is 0 Å². The topological polar surface area (TPSA) is 24.5 Å². The zero-order valence-electron chi connectivity index (χ0n) is 10.9. The summed E-state index contributed by atoms with van der Waals surface area (Å²) in [5, 5.41) is 3.31. The summed E-state index contributed by atoms with van der Waals surface area (Å²) in [6.45, 7) is 5.55. The van der Waals surface area contributed by atoms with Crippen LogP contribution in [0.25, 0.3) is 0 Å². The Morgan fingerprint density at radius 1 is 1.28 bits per heavy atom. The molecule has 6 heteroatoms. The molecule has 0 radical (unpaired) electrons. The lowest BCUT2D eigenvalue weighted by molar-refractivity contribution is -0.174. The molecule has 1 aliphatic rings. The van der Waals surface area contributed by atoms with Gasteiger partial charge in [0.05, 0.1) is 6.61 Å². The first-order chi connectivity index (χ1) is 8.51. The number of nitrogens with one attached hydrogen (secondary N) is 1. The van der Waals surface area contributed by atoms with Crippen LogP contribution in [0.4, 0.5) is 13.2 Å². The van der Waals surface area contributed by atoms with Crippen LogP contribution in [0.2, 0.25) is 0 Å². The fraction of sp³-hybridized carbons (Fsp3) is 1.00. The fourth-order valence-electron chi connectivity index (χ4n) is 2.19. The highest BCUT2D eigenvalue weighted by Crippen LogP contribution is 2.15. The molecule has 0 amide bonds. The van der Waals surface area contributed by atoms with Gasteiger partial charge in [-0.1, -0.05) is 6.92 Å². The Bertz CT molecular complexity index is 218. The molecule has 1 aliphatic heterocycles. The first kappa shape index (κ1) is 15.7. The summed E-state index contributed by atoms with van der Waals surface area (Å²) in [6.07, 6.45) is -1.91. The zero-order chi connectivity index (χ0) is 13.4. The minimum absolute atomic E-state index is 0.151. The van der Waals surface area contributed by atoms with Crippen LogP contribution in [0, 0.1) is 5.92 Å². The van der Waals surface area contributed by atoms with E-state index in [9.17, 15) is 13.2 Å². The van der Waals surface area contributed by atoms with Crippen molar-refractivity contribution >= 4 is 0 Å². The maximum absolute atomic E-state index is 11.9. The Morgan fingerprint density at radius 3 is 2.50 bits per heavy atom. The molecule has 108 valence electrons. The second-order valence-corrected chi connectivity index (χ2v) is 4.75. The van der Waals surface area contributed by atoms with E-state index in [0.29, 0.717) is 12.5 Å². The van der Waals surface area contributed by atoms with Gasteiger partial charge in [0, 0.05) is 13.1 Å². The van der Waals surface area contributed by atoms with Crippen LogP contribution in [0.5, 0.6) is 0 Å². The van der Waals surface area contributed by atoms with E-state index >= 15 is 0 Å². The van der Waals surface area contributed by atoms with Crippen molar-refractivity contribution in [1.82, 2.24) is 10.2 Å². The zero-order valence-corrected chi connectivity index (χ0v) is 10.9. The Morgan fingerprint density at radius 2 is 1.94 bits per heavy atom. The minimum atomic E-state index is -4.22. The normalized spacial score (nSPS) is 18.5. The molecule has 0 aromatic carbocycles. The predicted molar refractivity (Wildman–Crippen MR) is 64.6 cm³/mol. The van der Waals surface area contributed by atoms with Crippen LogP contribution in [-0.4, -0.2) is 57.0 Å². The number of hydrogen-bond donors (Lipinski definition) is 1. The molecule has 1 saturated heterocycles. The van der Waals surface area contributed by atoms with E-state index in [0.717, 1.165) is 39.0 Å². The van der Waals surface area contributed by atoms with Crippen molar-refractivity contribution in [3.05, 3.63) is 0 Å². The Labute approximate surface area is 107 Å². The van der Waals surface area contributed by atoms with Gasteiger partial charge in [0.1, 0.15) is 6.61 Å². The van der Waals surface area contributed by atoms with Crippen molar-refractivity contribution < 1.29 is 17.9 Å². The minimum Gasteiger partial charge on any atom is -0.371 e. The highest BCUT2D eigenvalue weighted by atomic mass is 19.4. The Kier molecular flexibility index (Phi) is 6.96. The SMILES string of the molecule is CCN(CCOCC(F)(F)F)CC1CCNCC1. The Hall–Kier alpha value is -0.330. The highest BCUT2D eigenvalue weighted by Gasteiger charge is 2.27. The van der Waals surface area contributed by atoms with Crippen LogP contribution in [-0.2, 0) is 4.74 Å². The van der Waals surface area contributed by atoms with E-state index in [-0.39, 0.29) is 6.61 Å². The molecule has 1 N–H and O–H groups in total. The first-order valence-electron chi connectivity index (χ1n) is 6.59. The number of piperidine rings is 1. The molecule has 1 rings (SSSR count). The summed E-state index contributed by atoms with van der Waals surface area (Å²) in [5.74, 6) is 0.661. The number of hydrogen-bond acceptors (Lipinski definition) is 3. The third kappa shape index (κ3) is 7.18. The van der Waals surface area contributed by atoms with Gasteiger partial charge < -0.3 is 15.0 Å². The van der Waals surface area contributed by atoms with Crippen molar-refractivity contribution in [2.75, 3.05) is 45.9 Å². The second kappa shape index (κ2) is 7.96. The van der Waals surface area contributed by atoms with E-state index in [1.165, 1.54) is 0 Å². The molecule has 0 aromatic heterocycles. The van der Waals surface area contributed by atoms with E-state index in [1.54, 1.807) is 0 Å². The summed E-state index contributed by atoms with van der Waals surface area (Å²) in [5.41, 5.74) is 0. The quantitative estimate of drug-likeness (QED) is 0.714. The second-order valence-electron chi connectivity index (χ2n) is 4.75. The van der Waals surface area contributed by atoms with Crippen LogP contribution in [0.15, 0.2) is 0 Å². The molecule has 0 aliphatic carbocycles. The molecule has 1 heterocycles. The average Bonchev–Trinajstić information content (AvgIpc) is 2.33. The maximum atomic E-state index is 11.9. The van der Waals surface area contributed by atoms with Crippen molar-refractivity contribution in [2.45, 2.75) is 25.9 Å². The molecule has 0 aromatic rings. The van der Waals surface area contributed by atoms with E-state index in [1.807, 2.05) is 6.92 Å². The largest absolute Gasteiger partial charge is 0.411 e. The van der Waals surface area contributed by atoms with Crippen LogP contribution >= 0.6 is 0 Å². The molecular weight excluding hydrogens is 245 g/mol. The Balaban J connectivity index is 2.12. The molecule has 1 fully saturated rings. The van der Waals surface area contributed by atoms with Gasteiger partial charge in [-0.05, 0) is 38.4 Å². The molecule has 0 unspecified atom stereocenters. The van der Waals surface area contributed by atoms with Crippen LogP contribution in [0.3, 0.4) is 0 Å². The highest BCUT2D eigenvalue weighted by molar-refractivity contribution is 4.72. The van der Waals surface area contributed by atoms with E-state index in [2.05, 4.69) is 15.0 Å². The lowest BCUT2D eigenvalue weighted by Crippen LogP contribution is -2.37. The van der Waals surface area contributed by atoms with Gasteiger partial charge >= 0.3 is 6.18 Å². The number of ether oxygens (including phenoxy) is 1. The molecule has 0 spiro atoms. The summed E-state index contributed by atoms with van der Waals surface area (Å²) < 4.78 is 40.3. The summed E-state index contributed by atoms with van der Waals surface area (Å²) in [6, 6.07) is 0. The molecule has 18 heavy (non-hydrogen) atoms. The third-order valence-corrected chi connectivity index (χ3v) is 3.24. The van der Waals surface area contributed by atoms with Crippen molar-refractivity contribution in [1.29, 1.82) is 0 Å². The molecule has 3 nitrogen and oxygen atoms in total. The maximum Gasteiger partial charge on any atom is 0.411 e. The lowest BCUT2D eigenvalue weighted by Gasteiger charge is -2.29. The van der Waals surface area contributed by atoms with E-state index in [4.69, 9.17) is 0 Å². The average molecular weight is 268 g/mol. The molecule has 0 atom stereocenters. The third-order valence-electron chi connectivity index (χ3n) is 3.24. The van der Waals surface area contributed by atoms with Gasteiger partial charge in [-0.15, -0.1) is 0 Å². The number of alkyl halides is 3. The summed E-state index contributed by atoms with van der Waals surface area (Å²) in [4.78, 5) is 2.17. The van der Waals surface area contributed by atoms with Crippen molar-refractivity contribution in [3.63, 3.8) is 0 Å². The number of rotatable bonds is 7. The molecule has 0 saturated carbocycles. The summed E-state index contributed by atoms with van der Waals surface area (Å²) >= 11 is 0. The smallest absolute Gasteiger partial charge is 0.371 e. The standard InChI is InChI=1S/C12H23F3N2O/c1-2-17(7-8-18-10-12(13,14)15)9-11-3-5-16-6-4-11/h11,16H,2-10H2,1H3. The molecular formula is C12H23F3N2O. The van der Waals surface area contributed by atoms with Gasteiger partial charge in [0.2, 0.25) is 0 Å². The summed E-state index contributed by atoms with van der Waals surface area (Å²) in [7, 11) is 0. The number of likely N-dealkylation sites (N-methyl/N-ethyl adjacent to an activating group) is 1. The van der Waals surface area contributed by atoms with Gasteiger partial charge in [-0.3, -0.25) is 0 Å². The van der Waals surface area contributed by atoms with Gasteiger partial charge in [-0.2, -0.15) is 13.2 Å². The molecule has 0 bridgehead atoms. The fourth-order valence-corrected chi connectivity index (χ4v) is 2.19. The van der Waals surface area contributed by atoms with Crippen molar-refractivity contribution in [2.24, 2.45) is 5.92 Å². The monoisotopic (exact) mass is 268 g/mol. The van der Waals surface area contributed by atoms with Gasteiger partial charge in [0.15, 0.2) is 0 Å².